The summed E-state index contributed by atoms with van der Waals surface area (Å²) in [6, 6.07) is 0.657. The van der Waals surface area contributed by atoms with Gasteiger partial charge in [-0.3, -0.25) is 14.5 Å². The van der Waals surface area contributed by atoms with Crippen LogP contribution in [0.25, 0.3) is 0 Å². The van der Waals surface area contributed by atoms with Gasteiger partial charge in [-0.25, -0.2) is 0 Å². The van der Waals surface area contributed by atoms with Gasteiger partial charge in [0.15, 0.2) is 0 Å². The summed E-state index contributed by atoms with van der Waals surface area (Å²) in [7, 11) is 2.08. The second-order valence-corrected chi connectivity index (χ2v) is 6.44. The first-order valence-electron chi connectivity index (χ1n) is 7.65. The minimum Gasteiger partial charge on any atom is -0.481 e. The van der Waals surface area contributed by atoms with Gasteiger partial charge in [0, 0.05) is 25.2 Å². The Labute approximate surface area is 120 Å². The highest BCUT2D eigenvalue weighted by molar-refractivity contribution is 5.85. The molecule has 1 saturated carbocycles. The Morgan fingerprint density at radius 3 is 2.00 bits per heavy atom. The molecular weight excluding hydrogens is 256 g/mol. The molecule has 0 bridgehead atoms. The first kappa shape index (κ1) is 15.3. The minimum atomic E-state index is -0.807. The molecule has 1 heterocycles. The number of aliphatic carboxylic acids is 1. The number of piperazine rings is 1. The Balaban J connectivity index is 2.07. The molecule has 2 rings (SSSR count). The van der Waals surface area contributed by atoms with Crippen LogP contribution >= 0.6 is 0 Å². The van der Waals surface area contributed by atoms with Crippen molar-refractivity contribution in [1.82, 2.24) is 9.80 Å². The van der Waals surface area contributed by atoms with E-state index in [0.29, 0.717) is 31.6 Å². The van der Waals surface area contributed by atoms with E-state index < -0.39 is 11.9 Å². The normalized spacial score (nSPS) is 35.9. The van der Waals surface area contributed by atoms with E-state index >= 15 is 0 Å². The molecule has 20 heavy (non-hydrogen) atoms. The first-order valence-corrected chi connectivity index (χ1v) is 7.65. The zero-order chi connectivity index (χ0) is 14.9. The van der Waals surface area contributed by atoms with Crippen molar-refractivity contribution in [3.05, 3.63) is 0 Å². The molecule has 5 nitrogen and oxygen atoms in total. The van der Waals surface area contributed by atoms with Crippen LogP contribution in [0, 0.1) is 11.8 Å². The van der Waals surface area contributed by atoms with E-state index in [2.05, 4.69) is 25.8 Å². The Morgan fingerprint density at radius 2 is 1.50 bits per heavy atom. The summed E-state index contributed by atoms with van der Waals surface area (Å²) in [6.07, 6.45) is 3.27. The molecule has 0 aromatic heterocycles. The summed E-state index contributed by atoms with van der Waals surface area (Å²) in [5.41, 5.74) is 0. The number of hydrogen-bond donors (Lipinski definition) is 1. The number of rotatable bonds is 2. The third-order valence-corrected chi connectivity index (χ3v) is 5.07. The van der Waals surface area contributed by atoms with Gasteiger partial charge >= 0.3 is 5.97 Å². The Bertz CT molecular complexity index is 373. The van der Waals surface area contributed by atoms with Gasteiger partial charge in [0.05, 0.1) is 11.8 Å². The lowest BCUT2D eigenvalue weighted by molar-refractivity contribution is -0.154. The van der Waals surface area contributed by atoms with Crippen molar-refractivity contribution in [1.29, 1.82) is 0 Å². The highest BCUT2D eigenvalue weighted by Crippen LogP contribution is 2.32. The number of hydrogen-bond acceptors (Lipinski definition) is 3. The molecule has 0 radical (unpaired) electrons. The molecule has 5 heteroatoms. The van der Waals surface area contributed by atoms with Gasteiger partial charge in [-0.1, -0.05) is 12.8 Å². The molecule has 0 aromatic carbocycles. The molecule has 114 valence electrons. The predicted octanol–water partition coefficient (Wildman–Crippen LogP) is 1.43. The van der Waals surface area contributed by atoms with Crippen LogP contribution in [-0.2, 0) is 9.59 Å². The Hall–Kier alpha value is -1.10. The van der Waals surface area contributed by atoms with E-state index in [1.54, 1.807) is 0 Å². The fourth-order valence-corrected chi connectivity index (χ4v) is 3.54. The Kier molecular flexibility index (Phi) is 4.68. The zero-order valence-electron chi connectivity index (χ0n) is 12.7. The van der Waals surface area contributed by atoms with E-state index in [9.17, 15) is 14.7 Å². The van der Waals surface area contributed by atoms with Gasteiger partial charge in [0.1, 0.15) is 0 Å². The second-order valence-electron chi connectivity index (χ2n) is 6.44. The minimum absolute atomic E-state index is 0.0592. The highest BCUT2D eigenvalue weighted by atomic mass is 16.4. The number of carbonyl (C=O) groups excluding carboxylic acids is 1. The molecule has 1 saturated heterocycles. The maximum absolute atomic E-state index is 12.7. The number of carbonyl (C=O) groups is 2. The zero-order valence-corrected chi connectivity index (χ0v) is 12.7. The van der Waals surface area contributed by atoms with Crippen LogP contribution < -0.4 is 0 Å². The summed E-state index contributed by atoms with van der Waals surface area (Å²) in [6.45, 7) is 5.65. The summed E-state index contributed by atoms with van der Waals surface area (Å²) in [4.78, 5) is 28.2. The molecule has 2 fully saturated rings. The lowest BCUT2D eigenvalue weighted by atomic mass is 9.78. The maximum Gasteiger partial charge on any atom is 0.307 e. The first-order chi connectivity index (χ1) is 9.41. The van der Waals surface area contributed by atoms with Gasteiger partial charge in [-0.2, -0.15) is 0 Å². The van der Waals surface area contributed by atoms with Crippen molar-refractivity contribution in [2.24, 2.45) is 11.8 Å². The average molecular weight is 282 g/mol. The number of carboxylic acid groups (broad SMARTS) is 1. The molecule has 0 aromatic rings. The highest BCUT2D eigenvalue weighted by Gasteiger charge is 2.40. The number of amides is 1. The van der Waals surface area contributed by atoms with E-state index in [1.807, 2.05) is 4.90 Å². The van der Waals surface area contributed by atoms with Gasteiger partial charge in [0.25, 0.3) is 0 Å². The van der Waals surface area contributed by atoms with Crippen LogP contribution in [0.2, 0.25) is 0 Å². The average Bonchev–Trinajstić information content (AvgIpc) is 2.43. The third-order valence-electron chi connectivity index (χ3n) is 5.07. The van der Waals surface area contributed by atoms with Crippen LogP contribution in [0.15, 0.2) is 0 Å². The number of carboxylic acids is 1. The van der Waals surface area contributed by atoms with Crippen molar-refractivity contribution in [3.8, 4) is 0 Å². The molecule has 1 N–H and O–H groups in total. The van der Waals surface area contributed by atoms with Crippen LogP contribution in [0.3, 0.4) is 0 Å². The van der Waals surface area contributed by atoms with Crippen LogP contribution in [-0.4, -0.2) is 59.0 Å². The standard InChI is InChI=1S/C15H26N2O3/c1-10-8-17(9-11(2)16(10)3)14(18)12-6-4-5-7-13(12)15(19)20/h10-13H,4-9H2,1-3H3,(H,19,20)/t10?,11?,12-,13+/m1/s1. The van der Waals surface area contributed by atoms with Gasteiger partial charge < -0.3 is 10.0 Å². The molecule has 2 aliphatic rings. The summed E-state index contributed by atoms with van der Waals surface area (Å²) >= 11 is 0. The SMILES string of the molecule is CC1CN(C(=O)[C@@H]2CCCC[C@@H]2C(=O)O)CC(C)N1C. The van der Waals surface area contributed by atoms with Gasteiger partial charge in [0.2, 0.25) is 5.91 Å². The van der Waals surface area contributed by atoms with Gasteiger partial charge in [-0.05, 0) is 33.7 Å². The van der Waals surface area contributed by atoms with Crippen LogP contribution in [0.1, 0.15) is 39.5 Å². The summed E-state index contributed by atoms with van der Waals surface area (Å²) < 4.78 is 0. The quantitative estimate of drug-likeness (QED) is 0.832. The predicted molar refractivity (Wildman–Crippen MR) is 76.4 cm³/mol. The molecule has 1 amide bonds. The van der Waals surface area contributed by atoms with Crippen molar-refractivity contribution in [2.45, 2.75) is 51.6 Å². The van der Waals surface area contributed by atoms with Crippen molar-refractivity contribution in [3.63, 3.8) is 0 Å². The molecule has 2 unspecified atom stereocenters. The van der Waals surface area contributed by atoms with Crippen LogP contribution in [0.5, 0.6) is 0 Å². The van der Waals surface area contributed by atoms with E-state index in [0.717, 1.165) is 19.3 Å². The Morgan fingerprint density at radius 1 is 1.00 bits per heavy atom. The molecule has 4 atom stereocenters. The van der Waals surface area contributed by atoms with Crippen molar-refractivity contribution >= 4 is 11.9 Å². The monoisotopic (exact) mass is 282 g/mol. The second kappa shape index (κ2) is 6.12. The van der Waals surface area contributed by atoms with E-state index in [1.165, 1.54) is 0 Å². The summed E-state index contributed by atoms with van der Waals surface area (Å²) in [5.74, 6) is -1.55. The smallest absolute Gasteiger partial charge is 0.307 e. The van der Waals surface area contributed by atoms with E-state index in [-0.39, 0.29) is 11.8 Å². The lowest BCUT2D eigenvalue weighted by Crippen LogP contribution is -2.58. The van der Waals surface area contributed by atoms with Crippen molar-refractivity contribution < 1.29 is 14.7 Å². The molecule has 0 spiro atoms. The molecule has 1 aliphatic carbocycles. The fourth-order valence-electron chi connectivity index (χ4n) is 3.54. The lowest BCUT2D eigenvalue weighted by Gasteiger charge is -2.44. The van der Waals surface area contributed by atoms with Gasteiger partial charge in [-0.15, -0.1) is 0 Å². The summed E-state index contributed by atoms with van der Waals surface area (Å²) in [5, 5.41) is 9.32. The topological polar surface area (TPSA) is 60.9 Å². The van der Waals surface area contributed by atoms with Crippen molar-refractivity contribution in [2.75, 3.05) is 20.1 Å². The number of likely N-dealkylation sites (N-methyl/N-ethyl adjacent to an activating group) is 1. The molecule has 1 aliphatic heterocycles. The van der Waals surface area contributed by atoms with E-state index in [4.69, 9.17) is 0 Å². The molecular formula is C15H26N2O3. The largest absolute Gasteiger partial charge is 0.481 e. The van der Waals surface area contributed by atoms with Crippen LogP contribution in [0.4, 0.5) is 0 Å². The fraction of sp³-hybridized carbons (Fsp3) is 0.867. The maximum atomic E-state index is 12.7. The third kappa shape index (κ3) is 2.97. The number of nitrogens with zero attached hydrogens (tertiary/aromatic N) is 2.